The van der Waals surface area contributed by atoms with Crippen LogP contribution in [0.4, 0.5) is 24.8 Å². The van der Waals surface area contributed by atoms with Gasteiger partial charge in [-0.1, -0.05) is 12.1 Å². The van der Waals surface area contributed by atoms with Gasteiger partial charge >= 0.3 is 6.18 Å². The summed E-state index contributed by atoms with van der Waals surface area (Å²) < 4.78 is 46.0. The summed E-state index contributed by atoms with van der Waals surface area (Å²) in [5.41, 5.74) is 1.70. The molecule has 0 aliphatic carbocycles. The normalized spacial score (nSPS) is 16.9. The predicted molar refractivity (Wildman–Crippen MR) is 122 cm³/mol. The van der Waals surface area contributed by atoms with Crippen LogP contribution in [-0.2, 0) is 10.9 Å². The fraction of sp³-hybridized carbons (Fsp3) is 0.250. The molecule has 1 atom stereocenters. The molecule has 2 aromatic carbocycles. The van der Waals surface area contributed by atoms with Gasteiger partial charge in [0.15, 0.2) is 12.1 Å². The molecular weight excluding hydrogens is 445 g/mol. The van der Waals surface area contributed by atoms with Crippen molar-refractivity contribution in [2.24, 2.45) is 0 Å². The van der Waals surface area contributed by atoms with E-state index >= 15 is 0 Å². The molecule has 0 saturated carbocycles. The highest BCUT2D eigenvalue weighted by Gasteiger charge is 2.30. The summed E-state index contributed by atoms with van der Waals surface area (Å²) in [5, 5.41) is 8.42. The van der Waals surface area contributed by atoms with Crippen LogP contribution < -0.4 is 5.32 Å². The van der Waals surface area contributed by atoms with E-state index in [-0.39, 0.29) is 12.2 Å². The van der Waals surface area contributed by atoms with Crippen molar-refractivity contribution in [3.63, 3.8) is 0 Å². The molecule has 0 spiro atoms. The highest BCUT2D eigenvalue weighted by Crippen LogP contribution is 2.30. The highest BCUT2D eigenvalue weighted by molar-refractivity contribution is 5.83. The minimum atomic E-state index is -4.38. The third-order valence-electron chi connectivity index (χ3n) is 5.53. The number of hydrogen-bond acceptors (Lipinski definition) is 6. The molecule has 1 unspecified atom stereocenters. The summed E-state index contributed by atoms with van der Waals surface area (Å²) in [7, 11) is 0. The van der Waals surface area contributed by atoms with E-state index in [9.17, 15) is 13.2 Å². The molecule has 0 radical (unpaired) electrons. The van der Waals surface area contributed by atoms with Crippen molar-refractivity contribution < 1.29 is 17.9 Å². The molecule has 1 aliphatic rings. The zero-order chi connectivity index (χ0) is 23.5. The second-order valence-electron chi connectivity index (χ2n) is 7.93. The average molecular weight is 466 g/mol. The quantitative estimate of drug-likeness (QED) is 0.397. The van der Waals surface area contributed by atoms with Crippen LogP contribution >= 0.6 is 0 Å². The Balaban J connectivity index is 1.29. The number of benzene rings is 2. The average Bonchev–Trinajstić information content (AvgIpc) is 3.27. The Hall–Kier alpha value is -3.79. The summed E-state index contributed by atoms with van der Waals surface area (Å²) in [5.74, 6) is 0.648. The van der Waals surface area contributed by atoms with Crippen molar-refractivity contribution in [1.82, 2.24) is 24.7 Å². The Morgan fingerprint density at radius 2 is 1.88 bits per heavy atom. The smallest absolute Gasteiger partial charge is 0.356 e. The topological polar surface area (TPSA) is 77.8 Å². The monoisotopic (exact) mass is 466 g/mol. The Morgan fingerprint density at radius 1 is 1.03 bits per heavy atom. The molecule has 1 saturated heterocycles. The molecule has 0 bridgehead atoms. The van der Waals surface area contributed by atoms with Crippen molar-refractivity contribution in [3.8, 4) is 0 Å². The third kappa shape index (κ3) is 4.91. The lowest BCUT2D eigenvalue weighted by Crippen LogP contribution is -2.18. The maximum absolute atomic E-state index is 12.7. The Kier molecular flexibility index (Phi) is 5.97. The number of halogens is 3. The molecule has 4 aromatic rings. The molecule has 174 valence electrons. The number of ether oxygens (including phenoxy) is 1. The van der Waals surface area contributed by atoms with Gasteiger partial charge in [0, 0.05) is 17.7 Å². The summed E-state index contributed by atoms with van der Waals surface area (Å²) in [6.07, 6.45) is 5.58. The summed E-state index contributed by atoms with van der Waals surface area (Å²) in [4.78, 5) is 12.5. The minimum absolute atomic E-state index is 0.0200. The van der Waals surface area contributed by atoms with E-state index in [0.29, 0.717) is 11.5 Å². The zero-order valence-electron chi connectivity index (χ0n) is 18.0. The number of hydrogen-bond donors (Lipinski definition) is 1. The lowest BCUT2D eigenvalue weighted by molar-refractivity contribution is -0.137. The Bertz CT molecular complexity index is 1310. The first-order valence-electron chi connectivity index (χ1n) is 10.9. The largest absolute Gasteiger partial charge is 0.416 e. The van der Waals surface area contributed by atoms with E-state index in [1.807, 2.05) is 35.2 Å². The molecule has 3 heterocycles. The number of fused-ring (bicyclic) bond motifs is 1. The summed E-state index contributed by atoms with van der Waals surface area (Å²) in [6.45, 7) is 0.758. The Morgan fingerprint density at radius 3 is 2.65 bits per heavy atom. The van der Waals surface area contributed by atoms with Crippen molar-refractivity contribution in [2.75, 3.05) is 11.9 Å². The van der Waals surface area contributed by atoms with Crippen LogP contribution in [0.25, 0.3) is 23.1 Å². The van der Waals surface area contributed by atoms with Crippen molar-refractivity contribution in [2.45, 2.75) is 31.7 Å². The van der Waals surface area contributed by atoms with E-state index in [4.69, 9.17) is 4.74 Å². The van der Waals surface area contributed by atoms with Crippen LogP contribution in [-0.4, -0.2) is 31.3 Å². The SMILES string of the molecule is FC(F)(F)c1ccc(Nc2ncnc(/C=C/c3ccc4c(cnn4C4CCCCO4)c3)n2)cc1. The van der Waals surface area contributed by atoms with Crippen LogP contribution in [0, 0.1) is 0 Å². The fourth-order valence-electron chi connectivity index (χ4n) is 3.81. The van der Waals surface area contributed by atoms with Gasteiger partial charge in [0.05, 0.1) is 17.3 Å². The zero-order valence-corrected chi connectivity index (χ0v) is 18.0. The first-order chi connectivity index (χ1) is 16.5. The van der Waals surface area contributed by atoms with Gasteiger partial charge < -0.3 is 10.1 Å². The number of nitrogens with zero attached hydrogens (tertiary/aromatic N) is 5. The molecule has 7 nitrogen and oxygen atoms in total. The fourth-order valence-corrected chi connectivity index (χ4v) is 3.81. The van der Waals surface area contributed by atoms with E-state index in [0.717, 1.165) is 54.5 Å². The van der Waals surface area contributed by atoms with Gasteiger partial charge in [-0.2, -0.15) is 23.3 Å². The number of alkyl halides is 3. The summed E-state index contributed by atoms with van der Waals surface area (Å²) in [6, 6.07) is 10.7. The van der Waals surface area contributed by atoms with E-state index in [1.54, 1.807) is 6.08 Å². The van der Waals surface area contributed by atoms with Gasteiger partial charge in [-0.05, 0) is 67.3 Å². The first kappa shape index (κ1) is 22.0. The van der Waals surface area contributed by atoms with Gasteiger partial charge in [0.25, 0.3) is 0 Å². The van der Waals surface area contributed by atoms with Crippen molar-refractivity contribution in [1.29, 1.82) is 0 Å². The second-order valence-corrected chi connectivity index (χ2v) is 7.93. The van der Waals surface area contributed by atoms with Crippen molar-refractivity contribution >= 4 is 34.7 Å². The lowest BCUT2D eigenvalue weighted by atomic mass is 10.1. The second kappa shape index (κ2) is 9.22. The van der Waals surface area contributed by atoms with Crippen molar-refractivity contribution in [3.05, 3.63) is 71.9 Å². The van der Waals surface area contributed by atoms with E-state index < -0.39 is 11.7 Å². The molecule has 5 rings (SSSR count). The Labute approximate surface area is 193 Å². The number of rotatable bonds is 5. The minimum Gasteiger partial charge on any atom is -0.356 e. The van der Waals surface area contributed by atoms with Gasteiger partial charge in [-0.15, -0.1) is 0 Å². The maximum atomic E-state index is 12.7. The van der Waals surface area contributed by atoms with Gasteiger partial charge in [-0.25, -0.2) is 14.6 Å². The number of anilines is 2. The van der Waals surface area contributed by atoms with Gasteiger partial charge in [0.2, 0.25) is 5.95 Å². The van der Waals surface area contributed by atoms with E-state index in [2.05, 4.69) is 25.4 Å². The molecular formula is C24H21F3N6O. The molecule has 10 heteroatoms. The molecule has 1 aliphatic heterocycles. The molecule has 34 heavy (non-hydrogen) atoms. The number of nitrogens with one attached hydrogen (secondary N) is 1. The van der Waals surface area contributed by atoms with Crippen LogP contribution in [0.5, 0.6) is 0 Å². The standard InChI is InChI=1S/C24H21F3N6O/c25-24(26,27)18-6-8-19(9-7-18)31-23-29-15-28-21(32-23)11-5-16-4-10-20-17(13-16)14-30-33(20)22-3-1-2-12-34-22/h4-11,13-15,22H,1-3,12H2,(H,28,29,31,32)/b11-5+. The van der Waals surface area contributed by atoms with Gasteiger partial charge in [0.1, 0.15) is 6.33 Å². The first-order valence-corrected chi connectivity index (χ1v) is 10.9. The molecule has 0 amide bonds. The predicted octanol–water partition coefficient (Wildman–Crippen LogP) is 5.85. The molecule has 2 aromatic heterocycles. The lowest BCUT2D eigenvalue weighted by Gasteiger charge is -2.23. The summed E-state index contributed by atoms with van der Waals surface area (Å²) >= 11 is 0. The van der Waals surface area contributed by atoms with Gasteiger partial charge in [-0.3, -0.25) is 0 Å². The van der Waals surface area contributed by atoms with Crippen LogP contribution in [0.1, 0.15) is 42.4 Å². The maximum Gasteiger partial charge on any atom is 0.416 e. The molecule has 1 N–H and O–H groups in total. The highest BCUT2D eigenvalue weighted by atomic mass is 19.4. The third-order valence-corrected chi connectivity index (χ3v) is 5.53. The molecule has 1 fully saturated rings. The van der Waals surface area contributed by atoms with E-state index in [1.165, 1.54) is 18.5 Å². The number of aromatic nitrogens is 5. The van der Waals surface area contributed by atoms with Crippen LogP contribution in [0.2, 0.25) is 0 Å². The van der Waals surface area contributed by atoms with Crippen LogP contribution in [0.15, 0.2) is 55.0 Å². The van der Waals surface area contributed by atoms with Crippen LogP contribution in [0.3, 0.4) is 0 Å².